The van der Waals surface area contributed by atoms with Crippen LogP contribution in [0.4, 0.5) is 8.78 Å². The van der Waals surface area contributed by atoms with E-state index < -0.39 is 23.4 Å². The molecule has 0 aliphatic carbocycles. The van der Waals surface area contributed by atoms with Gasteiger partial charge in [0.15, 0.2) is 0 Å². The molecule has 0 radical (unpaired) electrons. The highest BCUT2D eigenvalue weighted by Crippen LogP contribution is 2.38. The van der Waals surface area contributed by atoms with Crippen LogP contribution in [0.25, 0.3) is 11.1 Å². The van der Waals surface area contributed by atoms with Gasteiger partial charge in [-0.05, 0) is 41.0 Å². The number of hydrogen-bond acceptors (Lipinski definition) is 2. The number of carbonyl (C=O) groups excluding carboxylic acids is 2. The molecule has 4 rings (SSSR count). The first-order valence-electron chi connectivity index (χ1n) is 8.92. The van der Waals surface area contributed by atoms with Crippen LogP contribution in [0.1, 0.15) is 16.7 Å². The summed E-state index contributed by atoms with van der Waals surface area (Å²) < 4.78 is 27.3. The number of hydrogen-bond donors (Lipinski definition) is 0. The smallest absolute Gasteiger partial charge is 0.262 e. The zero-order valence-corrected chi connectivity index (χ0v) is 16.8. The van der Waals surface area contributed by atoms with Crippen LogP contribution < -0.4 is 0 Å². The summed E-state index contributed by atoms with van der Waals surface area (Å²) in [5.41, 5.74) is 1.44. The molecule has 0 aromatic heterocycles. The second kappa shape index (κ2) is 8.01. The fraction of sp³-hybridized carbons (Fsp3) is 0.0435. The topological polar surface area (TPSA) is 37.4 Å². The van der Waals surface area contributed by atoms with Crippen molar-refractivity contribution in [2.75, 3.05) is 0 Å². The molecular weight excluding hydrogens is 431 g/mol. The van der Waals surface area contributed by atoms with E-state index in [0.29, 0.717) is 0 Å². The molecule has 3 aromatic carbocycles. The maximum Gasteiger partial charge on any atom is 0.262 e. The van der Waals surface area contributed by atoms with E-state index >= 15 is 0 Å². The van der Waals surface area contributed by atoms with Gasteiger partial charge in [0.05, 0.1) is 27.7 Å². The minimum absolute atomic E-state index is 0.0510. The third-order valence-corrected chi connectivity index (χ3v) is 5.35. The van der Waals surface area contributed by atoms with E-state index in [1.54, 1.807) is 24.3 Å². The van der Waals surface area contributed by atoms with Gasteiger partial charge in [0.2, 0.25) is 0 Å². The number of carbonyl (C=O) groups is 2. The molecule has 7 heteroatoms. The van der Waals surface area contributed by atoms with Crippen LogP contribution in [0, 0.1) is 11.6 Å². The SMILES string of the molecule is O=C1C(c2ccc(F)c(Cl)c2)=C(c2ccc(F)c(Cl)c2)C(=O)N1Cc1ccccc1. The lowest BCUT2D eigenvalue weighted by Gasteiger charge is -2.15. The minimum Gasteiger partial charge on any atom is -0.270 e. The summed E-state index contributed by atoms with van der Waals surface area (Å²) in [4.78, 5) is 27.6. The Kier molecular flexibility index (Phi) is 5.41. The number of halogens is 4. The van der Waals surface area contributed by atoms with Crippen molar-refractivity contribution in [3.05, 3.63) is 105 Å². The second-order valence-corrected chi connectivity index (χ2v) is 7.50. The molecule has 0 saturated carbocycles. The molecule has 2 amide bonds. The molecule has 3 nitrogen and oxygen atoms in total. The highest BCUT2D eigenvalue weighted by Gasteiger charge is 2.39. The Bertz CT molecular complexity index is 1140. The molecule has 0 N–H and O–H groups in total. The van der Waals surface area contributed by atoms with Crippen molar-refractivity contribution in [2.24, 2.45) is 0 Å². The summed E-state index contributed by atoms with van der Waals surface area (Å²) in [6.07, 6.45) is 0. The Morgan fingerprint density at radius 1 is 0.700 bits per heavy atom. The Hall–Kier alpha value is -3.02. The van der Waals surface area contributed by atoms with E-state index in [1.165, 1.54) is 24.3 Å². The third-order valence-electron chi connectivity index (χ3n) is 4.77. The van der Waals surface area contributed by atoms with Gasteiger partial charge in [-0.2, -0.15) is 0 Å². The molecule has 1 aliphatic heterocycles. The fourth-order valence-electron chi connectivity index (χ4n) is 3.32. The van der Waals surface area contributed by atoms with E-state index in [4.69, 9.17) is 23.2 Å². The van der Waals surface area contributed by atoms with Crippen molar-refractivity contribution < 1.29 is 18.4 Å². The summed E-state index contributed by atoms with van der Waals surface area (Å²) >= 11 is 11.8. The molecule has 0 saturated heterocycles. The van der Waals surface area contributed by atoms with Gasteiger partial charge < -0.3 is 0 Å². The number of benzene rings is 3. The quantitative estimate of drug-likeness (QED) is 0.481. The average Bonchev–Trinajstić information content (AvgIpc) is 2.98. The standard InChI is InChI=1S/C23H13Cl2F2NO2/c24-16-10-14(6-8-18(16)26)20-21(15-7-9-19(27)17(25)11-15)23(30)28(22(20)29)12-13-4-2-1-3-5-13/h1-11H,12H2. The zero-order chi connectivity index (χ0) is 21.4. The molecule has 150 valence electrons. The van der Waals surface area contributed by atoms with Crippen LogP contribution >= 0.6 is 23.2 Å². The average molecular weight is 444 g/mol. The fourth-order valence-corrected chi connectivity index (χ4v) is 3.69. The Balaban J connectivity index is 1.87. The van der Waals surface area contributed by atoms with Crippen LogP contribution in [0.15, 0.2) is 66.7 Å². The van der Waals surface area contributed by atoms with Crippen LogP contribution in [0.5, 0.6) is 0 Å². The summed E-state index contributed by atoms with van der Waals surface area (Å²) in [6, 6.07) is 16.6. The van der Waals surface area contributed by atoms with Crippen molar-refractivity contribution in [2.45, 2.75) is 6.54 Å². The number of rotatable bonds is 4. The maximum absolute atomic E-state index is 13.7. The maximum atomic E-state index is 13.7. The van der Waals surface area contributed by atoms with Crippen LogP contribution in [-0.4, -0.2) is 16.7 Å². The summed E-state index contributed by atoms with van der Waals surface area (Å²) in [5, 5.41) is -0.364. The molecule has 1 heterocycles. The minimum atomic E-state index is -0.648. The monoisotopic (exact) mass is 443 g/mol. The Morgan fingerprint density at radius 2 is 1.17 bits per heavy atom. The van der Waals surface area contributed by atoms with E-state index in [2.05, 4.69) is 0 Å². The van der Waals surface area contributed by atoms with Crippen molar-refractivity contribution in [3.8, 4) is 0 Å². The van der Waals surface area contributed by atoms with Gasteiger partial charge >= 0.3 is 0 Å². The molecule has 0 unspecified atom stereocenters. The summed E-state index contributed by atoms with van der Waals surface area (Å²) in [6.45, 7) is 0.0510. The van der Waals surface area contributed by atoms with E-state index in [-0.39, 0.29) is 38.9 Å². The lowest BCUT2D eigenvalue weighted by Crippen LogP contribution is -2.31. The van der Waals surface area contributed by atoms with Gasteiger partial charge in [-0.3, -0.25) is 14.5 Å². The third kappa shape index (κ3) is 3.62. The molecule has 3 aromatic rings. The van der Waals surface area contributed by atoms with Crippen molar-refractivity contribution >= 4 is 46.2 Å². The van der Waals surface area contributed by atoms with E-state index in [1.807, 2.05) is 6.07 Å². The van der Waals surface area contributed by atoms with Crippen molar-refractivity contribution in [1.82, 2.24) is 4.90 Å². The van der Waals surface area contributed by atoms with Gasteiger partial charge in [-0.1, -0.05) is 65.7 Å². The van der Waals surface area contributed by atoms with Gasteiger partial charge in [0.25, 0.3) is 11.8 Å². The lowest BCUT2D eigenvalue weighted by atomic mass is 9.96. The molecule has 0 bridgehead atoms. The van der Waals surface area contributed by atoms with Crippen LogP contribution in [-0.2, 0) is 16.1 Å². The summed E-state index contributed by atoms with van der Waals surface area (Å²) in [5.74, 6) is -2.40. The first kappa shape index (κ1) is 20.3. The molecule has 0 spiro atoms. The summed E-state index contributed by atoms with van der Waals surface area (Å²) in [7, 11) is 0. The van der Waals surface area contributed by atoms with E-state index in [0.717, 1.165) is 22.6 Å². The Labute approximate surface area is 181 Å². The van der Waals surface area contributed by atoms with Gasteiger partial charge in [-0.25, -0.2) is 8.78 Å². The molecule has 0 atom stereocenters. The first-order chi connectivity index (χ1) is 14.4. The number of imide groups is 1. The normalized spacial score (nSPS) is 14.1. The van der Waals surface area contributed by atoms with Crippen molar-refractivity contribution in [3.63, 3.8) is 0 Å². The highest BCUT2D eigenvalue weighted by molar-refractivity contribution is 6.49. The largest absolute Gasteiger partial charge is 0.270 e. The number of amides is 2. The predicted molar refractivity (Wildman–Crippen MR) is 112 cm³/mol. The second-order valence-electron chi connectivity index (χ2n) is 6.69. The molecule has 0 fully saturated rings. The van der Waals surface area contributed by atoms with Crippen LogP contribution in [0.2, 0.25) is 10.0 Å². The van der Waals surface area contributed by atoms with Gasteiger partial charge in [-0.15, -0.1) is 0 Å². The van der Waals surface area contributed by atoms with E-state index in [9.17, 15) is 18.4 Å². The molecule has 1 aliphatic rings. The lowest BCUT2D eigenvalue weighted by molar-refractivity contribution is -0.136. The predicted octanol–water partition coefficient (Wildman–Crippen LogP) is 5.75. The number of nitrogens with zero attached hydrogens (tertiary/aromatic N) is 1. The Morgan fingerprint density at radius 3 is 1.60 bits per heavy atom. The highest BCUT2D eigenvalue weighted by atomic mass is 35.5. The van der Waals surface area contributed by atoms with Gasteiger partial charge in [0.1, 0.15) is 11.6 Å². The zero-order valence-electron chi connectivity index (χ0n) is 15.3. The van der Waals surface area contributed by atoms with Crippen molar-refractivity contribution in [1.29, 1.82) is 0 Å². The molecule has 30 heavy (non-hydrogen) atoms. The van der Waals surface area contributed by atoms with Crippen LogP contribution in [0.3, 0.4) is 0 Å². The molecular formula is C23H13Cl2F2NO2. The first-order valence-corrected chi connectivity index (χ1v) is 9.67. The van der Waals surface area contributed by atoms with Gasteiger partial charge in [0, 0.05) is 0 Å².